The minimum absolute atomic E-state index is 0.273. The van der Waals surface area contributed by atoms with Crippen LogP contribution in [0.25, 0.3) is 22.0 Å². The second-order valence-corrected chi connectivity index (χ2v) is 6.63. The Morgan fingerprint density at radius 1 is 1.07 bits per heavy atom. The third kappa shape index (κ3) is 3.22. The molecule has 4 aromatic rings. The normalized spacial score (nSPS) is 11.0. The van der Waals surface area contributed by atoms with Crippen molar-refractivity contribution in [3.05, 3.63) is 71.8 Å². The van der Waals surface area contributed by atoms with E-state index in [1.54, 1.807) is 25.4 Å². The smallest absolute Gasteiger partial charge is 0.238 e. The topological polar surface area (TPSA) is 39.1 Å². The van der Waals surface area contributed by atoms with Crippen molar-refractivity contribution in [1.82, 2.24) is 9.55 Å². The minimum Gasteiger partial charge on any atom is -0.479 e. The van der Waals surface area contributed by atoms with Crippen LogP contribution in [0, 0.1) is 5.82 Å². The van der Waals surface area contributed by atoms with Crippen molar-refractivity contribution in [3.63, 3.8) is 0 Å². The Morgan fingerprint density at radius 2 is 1.85 bits per heavy atom. The summed E-state index contributed by atoms with van der Waals surface area (Å²) in [4.78, 5) is 4.29. The molecule has 0 saturated carbocycles. The number of hydrogen-bond donors (Lipinski definition) is 1. The molecule has 6 heteroatoms. The SMILES string of the molecule is COc1nccc2c(-c3cc(Cl)ccc3Nc3ccc(F)cc3)cn(C)c12. The van der Waals surface area contributed by atoms with Crippen LogP contribution in [0.2, 0.25) is 5.02 Å². The van der Waals surface area contributed by atoms with Gasteiger partial charge in [0, 0.05) is 52.4 Å². The minimum atomic E-state index is -0.273. The number of nitrogens with one attached hydrogen (secondary N) is 1. The van der Waals surface area contributed by atoms with E-state index in [0.717, 1.165) is 33.4 Å². The summed E-state index contributed by atoms with van der Waals surface area (Å²) >= 11 is 6.29. The Balaban J connectivity index is 1.88. The lowest BCUT2D eigenvalue weighted by molar-refractivity contribution is 0.401. The molecule has 0 atom stereocenters. The molecule has 0 aliphatic rings. The van der Waals surface area contributed by atoms with Gasteiger partial charge in [0.2, 0.25) is 5.88 Å². The van der Waals surface area contributed by atoms with E-state index in [2.05, 4.69) is 10.3 Å². The quantitative estimate of drug-likeness (QED) is 0.486. The lowest BCUT2D eigenvalue weighted by Crippen LogP contribution is -1.93. The summed E-state index contributed by atoms with van der Waals surface area (Å²) in [6, 6.07) is 13.8. The molecule has 2 heterocycles. The van der Waals surface area contributed by atoms with Crippen molar-refractivity contribution in [1.29, 1.82) is 0 Å². The molecule has 0 fully saturated rings. The second kappa shape index (κ2) is 6.93. The molecule has 0 unspecified atom stereocenters. The van der Waals surface area contributed by atoms with Gasteiger partial charge in [-0.3, -0.25) is 0 Å². The summed E-state index contributed by atoms with van der Waals surface area (Å²) < 4.78 is 20.6. The molecule has 0 saturated heterocycles. The highest BCUT2D eigenvalue weighted by Gasteiger charge is 2.16. The molecule has 0 amide bonds. The van der Waals surface area contributed by atoms with Gasteiger partial charge in [0.25, 0.3) is 0 Å². The van der Waals surface area contributed by atoms with Crippen LogP contribution in [0.15, 0.2) is 60.9 Å². The molecule has 4 rings (SSSR count). The number of hydrogen-bond acceptors (Lipinski definition) is 3. The molecule has 0 bridgehead atoms. The average molecular weight is 382 g/mol. The van der Waals surface area contributed by atoms with Crippen LogP contribution in [-0.4, -0.2) is 16.7 Å². The molecule has 4 nitrogen and oxygen atoms in total. The average Bonchev–Trinajstić information content (AvgIpc) is 3.02. The molecule has 0 aliphatic carbocycles. The lowest BCUT2D eigenvalue weighted by atomic mass is 10.0. The van der Waals surface area contributed by atoms with Gasteiger partial charge in [0.15, 0.2) is 0 Å². The molecular weight excluding hydrogens is 365 g/mol. The van der Waals surface area contributed by atoms with E-state index >= 15 is 0 Å². The first-order valence-corrected chi connectivity index (χ1v) is 8.75. The van der Waals surface area contributed by atoms with E-state index in [0.29, 0.717) is 10.9 Å². The number of methoxy groups -OCH3 is 1. The number of rotatable bonds is 4. The molecule has 0 spiro atoms. The molecule has 2 aromatic heterocycles. The molecule has 0 aliphatic heterocycles. The standard InChI is InChI=1S/C21H17ClFN3O/c1-26-12-18(16-9-10-24-21(27-2)20(16)26)17-11-13(22)3-8-19(17)25-15-6-4-14(23)5-7-15/h3-12,25H,1-2H3. The Bertz CT molecular complexity index is 1120. The number of pyridine rings is 1. The van der Waals surface area contributed by atoms with Gasteiger partial charge >= 0.3 is 0 Å². The number of benzene rings is 2. The summed E-state index contributed by atoms with van der Waals surface area (Å²) in [7, 11) is 3.56. The molecular formula is C21H17ClFN3O. The van der Waals surface area contributed by atoms with Gasteiger partial charge in [-0.25, -0.2) is 9.37 Å². The maximum absolute atomic E-state index is 13.2. The number of halogens is 2. The highest BCUT2D eigenvalue weighted by molar-refractivity contribution is 6.31. The summed E-state index contributed by atoms with van der Waals surface area (Å²) in [5, 5.41) is 4.99. The fourth-order valence-corrected chi connectivity index (χ4v) is 3.39. The monoisotopic (exact) mass is 381 g/mol. The fraction of sp³-hybridized carbons (Fsp3) is 0.0952. The third-order valence-electron chi connectivity index (χ3n) is 4.44. The van der Waals surface area contributed by atoms with Gasteiger partial charge < -0.3 is 14.6 Å². The van der Waals surface area contributed by atoms with Crippen LogP contribution in [0.1, 0.15) is 0 Å². The van der Waals surface area contributed by atoms with Gasteiger partial charge in [0.05, 0.1) is 7.11 Å². The highest BCUT2D eigenvalue weighted by atomic mass is 35.5. The zero-order valence-corrected chi connectivity index (χ0v) is 15.6. The van der Waals surface area contributed by atoms with Crippen molar-refractivity contribution in [2.45, 2.75) is 0 Å². The Kier molecular flexibility index (Phi) is 4.46. The van der Waals surface area contributed by atoms with Gasteiger partial charge in [-0.2, -0.15) is 0 Å². The van der Waals surface area contributed by atoms with Crippen molar-refractivity contribution in [2.24, 2.45) is 7.05 Å². The van der Waals surface area contributed by atoms with E-state index < -0.39 is 0 Å². The first-order chi connectivity index (χ1) is 13.1. The number of nitrogens with zero attached hydrogens (tertiary/aromatic N) is 2. The second-order valence-electron chi connectivity index (χ2n) is 6.19. The third-order valence-corrected chi connectivity index (χ3v) is 4.68. The number of fused-ring (bicyclic) bond motifs is 1. The van der Waals surface area contributed by atoms with Gasteiger partial charge in [0.1, 0.15) is 11.3 Å². The number of ether oxygens (including phenoxy) is 1. The first kappa shape index (κ1) is 17.4. The number of aryl methyl sites for hydroxylation is 1. The van der Waals surface area contributed by atoms with Crippen LogP contribution in [0.3, 0.4) is 0 Å². The highest BCUT2D eigenvalue weighted by Crippen LogP contribution is 2.39. The van der Waals surface area contributed by atoms with Crippen LogP contribution in [0.5, 0.6) is 5.88 Å². The molecule has 1 N–H and O–H groups in total. The summed E-state index contributed by atoms with van der Waals surface area (Å²) in [5.74, 6) is 0.293. The zero-order chi connectivity index (χ0) is 19.0. The predicted molar refractivity (Wildman–Crippen MR) is 107 cm³/mol. The predicted octanol–water partition coefficient (Wildman–Crippen LogP) is 5.79. The van der Waals surface area contributed by atoms with Crippen LogP contribution < -0.4 is 10.1 Å². The largest absolute Gasteiger partial charge is 0.479 e. The Labute approximate surface area is 161 Å². The van der Waals surface area contributed by atoms with E-state index in [4.69, 9.17) is 16.3 Å². The Morgan fingerprint density at radius 3 is 2.59 bits per heavy atom. The maximum atomic E-state index is 13.2. The zero-order valence-electron chi connectivity index (χ0n) is 14.8. The summed E-state index contributed by atoms with van der Waals surface area (Å²) in [6.07, 6.45) is 3.75. The lowest BCUT2D eigenvalue weighted by Gasteiger charge is -2.12. The Hall–Kier alpha value is -3.05. The van der Waals surface area contributed by atoms with E-state index in [1.165, 1.54) is 12.1 Å². The van der Waals surface area contributed by atoms with Crippen molar-refractivity contribution in [3.8, 4) is 17.0 Å². The molecule has 136 valence electrons. The maximum Gasteiger partial charge on any atom is 0.238 e. The molecule has 2 aromatic carbocycles. The number of anilines is 2. The fourth-order valence-electron chi connectivity index (χ4n) is 3.22. The molecule has 27 heavy (non-hydrogen) atoms. The van der Waals surface area contributed by atoms with Crippen molar-refractivity contribution < 1.29 is 9.13 Å². The van der Waals surface area contributed by atoms with Crippen LogP contribution in [0.4, 0.5) is 15.8 Å². The van der Waals surface area contributed by atoms with Crippen molar-refractivity contribution in [2.75, 3.05) is 12.4 Å². The molecule has 0 radical (unpaired) electrons. The van der Waals surface area contributed by atoms with Crippen LogP contribution in [-0.2, 0) is 7.05 Å². The van der Waals surface area contributed by atoms with Crippen LogP contribution >= 0.6 is 11.6 Å². The van der Waals surface area contributed by atoms with Gasteiger partial charge in [-0.1, -0.05) is 11.6 Å². The number of aromatic nitrogens is 2. The summed E-state index contributed by atoms with van der Waals surface area (Å²) in [6.45, 7) is 0. The van der Waals surface area contributed by atoms with E-state index in [9.17, 15) is 4.39 Å². The van der Waals surface area contributed by atoms with E-state index in [-0.39, 0.29) is 5.82 Å². The van der Waals surface area contributed by atoms with Crippen molar-refractivity contribution >= 4 is 33.9 Å². The van der Waals surface area contributed by atoms with Gasteiger partial charge in [-0.05, 0) is 48.5 Å². The van der Waals surface area contributed by atoms with E-state index in [1.807, 2.05) is 42.1 Å². The summed E-state index contributed by atoms with van der Waals surface area (Å²) in [5.41, 5.74) is 4.50. The first-order valence-electron chi connectivity index (χ1n) is 8.37. The van der Waals surface area contributed by atoms with Gasteiger partial charge in [-0.15, -0.1) is 0 Å².